The molecular weight excluding hydrogens is 230 g/mol. The molecule has 6 nitrogen and oxygen atoms in total. The van der Waals surface area contributed by atoms with Crippen LogP contribution in [0.1, 0.15) is 6.42 Å². The molecule has 0 aliphatic rings. The molecule has 0 aromatic rings. The van der Waals surface area contributed by atoms with Crippen LogP contribution in [0.15, 0.2) is 15.0 Å². The maximum atomic E-state index is 9.97. The highest BCUT2D eigenvalue weighted by molar-refractivity contribution is 7.81. The van der Waals surface area contributed by atoms with Gasteiger partial charge < -0.3 is 0 Å². The maximum absolute atomic E-state index is 9.97. The van der Waals surface area contributed by atoms with Crippen LogP contribution in [0.25, 0.3) is 0 Å². The summed E-state index contributed by atoms with van der Waals surface area (Å²) in [5, 5.41) is -0.161. The number of aliphatic imine (C=N–C) groups is 3. The highest BCUT2D eigenvalue weighted by Gasteiger charge is 2.17. The molecule has 0 aromatic carbocycles. The minimum absolute atomic E-state index is 0.161. The molecule has 0 spiro atoms. The van der Waals surface area contributed by atoms with E-state index in [2.05, 4.69) is 27.6 Å². The summed E-state index contributed by atoms with van der Waals surface area (Å²) in [7, 11) is 0. The van der Waals surface area contributed by atoms with Crippen molar-refractivity contribution in [1.29, 1.82) is 0 Å². The smallest absolute Gasteiger partial charge is 0.211 e. The van der Waals surface area contributed by atoms with E-state index in [1.54, 1.807) is 0 Å². The van der Waals surface area contributed by atoms with Crippen molar-refractivity contribution >= 4 is 30.9 Å². The fourth-order valence-corrected chi connectivity index (χ4v) is 1.39. The van der Waals surface area contributed by atoms with Crippen LogP contribution in [0, 0.1) is 5.92 Å². The Bertz CT molecular complexity index is 322. The van der Waals surface area contributed by atoms with Gasteiger partial charge in [0.2, 0.25) is 18.2 Å². The molecule has 0 N–H and O–H groups in total. The molecular formula is C9H11N3O3S. The quantitative estimate of drug-likeness (QED) is 0.376. The standard InChI is InChI=1S/C9H11N3O3S/c13-5-10-2-1-9(16)8(3-11-6-14)4-12-7-15/h8-9,16H,1-4H2. The van der Waals surface area contributed by atoms with Gasteiger partial charge in [-0.3, -0.25) is 0 Å². The molecule has 86 valence electrons. The molecule has 0 aliphatic carbocycles. The summed E-state index contributed by atoms with van der Waals surface area (Å²) >= 11 is 4.27. The van der Waals surface area contributed by atoms with E-state index < -0.39 is 0 Å². The Kier molecular flexibility index (Phi) is 9.08. The van der Waals surface area contributed by atoms with Gasteiger partial charge in [-0.25, -0.2) is 29.4 Å². The van der Waals surface area contributed by atoms with Crippen molar-refractivity contribution in [2.45, 2.75) is 11.7 Å². The molecule has 0 radical (unpaired) electrons. The molecule has 0 saturated heterocycles. The number of carbonyl (C=O) groups excluding carboxylic acids is 3. The lowest BCUT2D eigenvalue weighted by atomic mass is 10.0. The highest BCUT2D eigenvalue weighted by Crippen LogP contribution is 2.15. The van der Waals surface area contributed by atoms with Gasteiger partial charge >= 0.3 is 0 Å². The lowest BCUT2D eigenvalue weighted by Crippen LogP contribution is -2.22. The number of hydrogen-bond acceptors (Lipinski definition) is 7. The molecule has 0 rings (SSSR count). The molecule has 7 heteroatoms. The van der Waals surface area contributed by atoms with Crippen LogP contribution in [-0.2, 0) is 14.4 Å². The third kappa shape index (κ3) is 6.87. The van der Waals surface area contributed by atoms with Crippen molar-refractivity contribution < 1.29 is 14.4 Å². The summed E-state index contributed by atoms with van der Waals surface area (Å²) in [5.41, 5.74) is 0. The van der Waals surface area contributed by atoms with Crippen LogP contribution in [-0.4, -0.2) is 43.1 Å². The zero-order chi connectivity index (χ0) is 12.2. The molecule has 1 atom stereocenters. The van der Waals surface area contributed by atoms with E-state index >= 15 is 0 Å². The Morgan fingerprint density at radius 1 is 0.938 bits per heavy atom. The van der Waals surface area contributed by atoms with E-state index in [-0.39, 0.29) is 24.3 Å². The number of isocyanates is 3. The van der Waals surface area contributed by atoms with Gasteiger partial charge in [-0.05, 0) is 6.42 Å². The second kappa shape index (κ2) is 10.0. The average molecular weight is 241 g/mol. The van der Waals surface area contributed by atoms with Crippen LogP contribution < -0.4 is 0 Å². The second-order valence-electron chi connectivity index (χ2n) is 2.95. The van der Waals surface area contributed by atoms with Crippen molar-refractivity contribution in [3.63, 3.8) is 0 Å². The summed E-state index contributed by atoms with van der Waals surface area (Å²) in [4.78, 5) is 40.0. The van der Waals surface area contributed by atoms with E-state index in [0.717, 1.165) is 0 Å². The summed E-state index contributed by atoms with van der Waals surface area (Å²) in [6.45, 7) is 0.672. The van der Waals surface area contributed by atoms with E-state index in [1.165, 1.54) is 18.2 Å². The van der Waals surface area contributed by atoms with E-state index in [0.29, 0.717) is 13.0 Å². The Hall–Kier alpha value is -1.51. The molecule has 0 aliphatic heterocycles. The van der Waals surface area contributed by atoms with Crippen LogP contribution in [0.2, 0.25) is 0 Å². The Balaban J connectivity index is 4.28. The first kappa shape index (κ1) is 14.5. The summed E-state index contributed by atoms with van der Waals surface area (Å²) in [6, 6.07) is 0. The minimum Gasteiger partial charge on any atom is -0.211 e. The van der Waals surface area contributed by atoms with Gasteiger partial charge in [-0.15, -0.1) is 0 Å². The number of hydrogen-bond donors (Lipinski definition) is 1. The maximum Gasteiger partial charge on any atom is 0.234 e. The van der Waals surface area contributed by atoms with Gasteiger partial charge in [0.25, 0.3) is 0 Å². The lowest BCUT2D eigenvalue weighted by molar-refractivity contribution is 0.499. The molecule has 0 fully saturated rings. The average Bonchev–Trinajstić information content (AvgIpc) is 2.29. The summed E-state index contributed by atoms with van der Waals surface area (Å²) < 4.78 is 0. The minimum atomic E-state index is -0.173. The fourth-order valence-electron chi connectivity index (χ4n) is 1.09. The van der Waals surface area contributed by atoms with Crippen molar-refractivity contribution in [2.24, 2.45) is 20.9 Å². The number of nitrogens with zero attached hydrogens (tertiary/aromatic N) is 3. The van der Waals surface area contributed by atoms with Crippen molar-refractivity contribution in [1.82, 2.24) is 0 Å². The third-order valence-electron chi connectivity index (χ3n) is 1.93. The van der Waals surface area contributed by atoms with Crippen LogP contribution in [0.3, 0.4) is 0 Å². The summed E-state index contributed by atoms with van der Waals surface area (Å²) in [6.07, 6.45) is 4.76. The van der Waals surface area contributed by atoms with E-state index in [4.69, 9.17) is 0 Å². The third-order valence-corrected chi connectivity index (χ3v) is 2.61. The number of rotatable bonds is 8. The molecule has 0 heterocycles. The Morgan fingerprint density at radius 3 is 1.88 bits per heavy atom. The predicted molar refractivity (Wildman–Crippen MR) is 59.8 cm³/mol. The molecule has 1 unspecified atom stereocenters. The van der Waals surface area contributed by atoms with Gasteiger partial charge in [0.15, 0.2) is 0 Å². The molecule has 0 saturated carbocycles. The Labute approximate surface area is 98.0 Å². The SMILES string of the molecule is O=C=NCCC(S)C(CN=C=O)CN=C=O. The fraction of sp³-hybridized carbons (Fsp3) is 0.667. The zero-order valence-corrected chi connectivity index (χ0v) is 9.39. The van der Waals surface area contributed by atoms with Gasteiger partial charge in [0, 0.05) is 11.2 Å². The monoisotopic (exact) mass is 241 g/mol. The lowest BCUT2D eigenvalue weighted by Gasteiger charge is -2.17. The van der Waals surface area contributed by atoms with Gasteiger partial charge in [0.1, 0.15) is 0 Å². The number of thiol groups is 1. The molecule has 0 bridgehead atoms. The van der Waals surface area contributed by atoms with Gasteiger partial charge in [0.05, 0.1) is 19.6 Å². The largest absolute Gasteiger partial charge is 0.234 e. The van der Waals surface area contributed by atoms with Gasteiger partial charge in [-0.1, -0.05) is 0 Å². The molecule has 16 heavy (non-hydrogen) atoms. The topological polar surface area (TPSA) is 88.3 Å². The zero-order valence-electron chi connectivity index (χ0n) is 8.50. The molecule has 0 amide bonds. The van der Waals surface area contributed by atoms with Crippen molar-refractivity contribution in [2.75, 3.05) is 19.6 Å². The first-order chi connectivity index (χ1) is 7.76. The Morgan fingerprint density at radius 2 is 1.44 bits per heavy atom. The normalized spacial score (nSPS) is 12.6. The van der Waals surface area contributed by atoms with Crippen LogP contribution in [0.4, 0.5) is 0 Å². The van der Waals surface area contributed by atoms with Crippen molar-refractivity contribution in [3.8, 4) is 0 Å². The van der Waals surface area contributed by atoms with E-state index in [1.807, 2.05) is 0 Å². The highest BCUT2D eigenvalue weighted by atomic mass is 32.1. The van der Waals surface area contributed by atoms with Crippen LogP contribution >= 0.6 is 12.6 Å². The molecule has 0 aromatic heterocycles. The first-order valence-electron chi connectivity index (χ1n) is 4.55. The van der Waals surface area contributed by atoms with Crippen molar-refractivity contribution in [3.05, 3.63) is 0 Å². The van der Waals surface area contributed by atoms with Crippen LogP contribution in [0.5, 0.6) is 0 Å². The van der Waals surface area contributed by atoms with Gasteiger partial charge in [-0.2, -0.15) is 12.6 Å². The predicted octanol–water partition coefficient (Wildman–Crippen LogP) is 0.299. The first-order valence-corrected chi connectivity index (χ1v) is 5.06. The second-order valence-corrected chi connectivity index (χ2v) is 3.62. The summed E-state index contributed by atoms with van der Waals surface area (Å²) in [5.74, 6) is -0.173. The van der Waals surface area contributed by atoms with E-state index in [9.17, 15) is 14.4 Å².